The average Bonchev–Trinajstić information content (AvgIpc) is 3.54. The zero-order valence-corrected chi connectivity index (χ0v) is 21.6. The van der Waals surface area contributed by atoms with Gasteiger partial charge in [0.2, 0.25) is 0 Å². The zero-order valence-electron chi connectivity index (χ0n) is 20.0. The third-order valence-corrected chi connectivity index (χ3v) is 6.56. The monoisotopic (exact) mass is 536 g/mol. The van der Waals surface area contributed by atoms with E-state index in [9.17, 15) is 9.59 Å². The second-order valence-electron chi connectivity index (χ2n) is 8.01. The van der Waals surface area contributed by atoms with E-state index in [1.165, 1.54) is 26.8 Å². The van der Waals surface area contributed by atoms with Crippen LogP contribution in [-0.4, -0.2) is 38.8 Å². The molecule has 8 nitrogen and oxygen atoms in total. The van der Waals surface area contributed by atoms with Crippen LogP contribution < -0.4 is 16.0 Å². The largest absolute Gasteiger partial charge is 0.478 e. The minimum Gasteiger partial charge on any atom is -0.478 e. The molecule has 0 aliphatic rings. The number of benzene rings is 2. The second-order valence-corrected chi connectivity index (χ2v) is 9.34. The Morgan fingerprint density at radius 3 is 2.41 bits per heavy atom. The number of carboxylic acid groups (broad SMARTS) is 2. The number of anilines is 1. The van der Waals surface area contributed by atoms with Gasteiger partial charge in [-0.15, -0.1) is 11.3 Å². The van der Waals surface area contributed by atoms with Gasteiger partial charge in [-0.3, -0.25) is 0 Å². The van der Waals surface area contributed by atoms with Gasteiger partial charge in [-0.1, -0.05) is 30.3 Å². The smallest absolute Gasteiger partial charge is 0.328 e. The molecule has 2 aromatic carbocycles. The Balaban J connectivity index is 0.000000414. The Bertz CT molecular complexity index is 1340. The first-order valence-corrected chi connectivity index (χ1v) is 12.7. The number of thiocarbonyl (C=S) groups is 1. The summed E-state index contributed by atoms with van der Waals surface area (Å²) in [5, 5.41) is 23.1. The lowest BCUT2D eigenvalue weighted by Crippen LogP contribution is -2.34. The number of aromatic nitrogens is 1. The highest BCUT2D eigenvalue weighted by atomic mass is 32.1. The lowest BCUT2D eigenvalue weighted by molar-refractivity contribution is -0.134. The zero-order chi connectivity index (χ0) is 26.6. The van der Waals surface area contributed by atoms with Crippen molar-refractivity contribution >= 4 is 56.4 Å². The van der Waals surface area contributed by atoms with Gasteiger partial charge in [0.05, 0.1) is 6.54 Å². The Kier molecular flexibility index (Phi) is 10.4. The van der Waals surface area contributed by atoms with E-state index in [2.05, 4.69) is 52.1 Å². The average molecular weight is 537 g/mol. The standard InChI is InChI=1S/C23H24N4S2.C4H4O4/c24-23(28)27(15-17-4-2-1-3-5-17)20-6-7-22-21(12-20)19(16-29-22)9-11-26-14-18-8-10-25-13-18;5-3(6)1-2-4(7)8/h1-8,10,12-13,16,25-26H,9,11,14-15H2,(H2,24,28);1-2H,(H,5,6)(H,7,8)/b;2-1-. The van der Waals surface area contributed by atoms with Crippen LogP contribution in [0.1, 0.15) is 16.7 Å². The van der Waals surface area contributed by atoms with Gasteiger partial charge in [0.15, 0.2) is 5.11 Å². The van der Waals surface area contributed by atoms with Crippen LogP contribution in [0.25, 0.3) is 10.1 Å². The molecule has 2 heterocycles. The van der Waals surface area contributed by atoms with Gasteiger partial charge in [-0.05, 0) is 76.9 Å². The van der Waals surface area contributed by atoms with Gasteiger partial charge in [-0.25, -0.2) is 9.59 Å². The minimum atomic E-state index is -1.26. The molecule has 0 radical (unpaired) electrons. The number of carboxylic acids is 2. The fraction of sp³-hybridized carbons (Fsp3) is 0.148. The molecule has 4 rings (SSSR count). The van der Waals surface area contributed by atoms with Crippen molar-refractivity contribution in [3.63, 3.8) is 0 Å². The molecule has 0 fully saturated rings. The first-order chi connectivity index (χ1) is 17.8. The number of carbonyl (C=O) groups is 2. The fourth-order valence-electron chi connectivity index (χ4n) is 3.56. The van der Waals surface area contributed by atoms with E-state index in [0.717, 1.165) is 25.2 Å². The molecule has 0 bridgehead atoms. The third kappa shape index (κ3) is 8.87. The van der Waals surface area contributed by atoms with Crippen molar-refractivity contribution in [2.45, 2.75) is 19.5 Å². The third-order valence-electron chi connectivity index (χ3n) is 5.33. The SMILES string of the molecule is NC(=S)N(Cc1ccccc1)c1ccc2scc(CCNCc3cc[nH]c3)c2c1.O=C(O)/C=C\C(=O)O. The van der Waals surface area contributed by atoms with Crippen molar-refractivity contribution in [2.24, 2.45) is 5.73 Å². The summed E-state index contributed by atoms with van der Waals surface area (Å²) in [5.74, 6) is -2.51. The number of aliphatic carboxylic acids is 2. The molecule has 192 valence electrons. The molecule has 2 aromatic heterocycles. The van der Waals surface area contributed by atoms with E-state index in [-0.39, 0.29) is 0 Å². The lowest BCUT2D eigenvalue weighted by Gasteiger charge is -2.23. The number of hydrogen-bond acceptors (Lipinski definition) is 5. The number of rotatable bonds is 10. The van der Waals surface area contributed by atoms with Crippen molar-refractivity contribution in [3.05, 3.63) is 101 Å². The lowest BCUT2D eigenvalue weighted by atomic mass is 10.1. The highest BCUT2D eigenvalue weighted by Crippen LogP contribution is 2.31. The number of H-pyrrole nitrogens is 1. The van der Waals surface area contributed by atoms with E-state index >= 15 is 0 Å². The Morgan fingerprint density at radius 2 is 1.78 bits per heavy atom. The van der Waals surface area contributed by atoms with Crippen LogP contribution in [0, 0.1) is 0 Å². The molecule has 0 amide bonds. The number of nitrogens with one attached hydrogen (secondary N) is 2. The highest BCUT2D eigenvalue weighted by Gasteiger charge is 2.13. The molecule has 0 unspecified atom stereocenters. The number of nitrogens with two attached hydrogens (primary N) is 1. The Labute approximate surface area is 224 Å². The molecule has 0 aliphatic carbocycles. The molecule has 0 saturated heterocycles. The molecule has 37 heavy (non-hydrogen) atoms. The number of fused-ring (bicyclic) bond motifs is 1. The van der Waals surface area contributed by atoms with E-state index in [0.29, 0.717) is 23.8 Å². The predicted octanol–water partition coefficient (Wildman–Crippen LogP) is 4.52. The molecule has 0 aliphatic heterocycles. The number of aromatic amines is 1. The van der Waals surface area contributed by atoms with Crippen LogP contribution in [0.4, 0.5) is 5.69 Å². The normalized spacial score (nSPS) is 10.7. The summed E-state index contributed by atoms with van der Waals surface area (Å²) in [5.41, 5.74) is 10.9. The molecule has 4 aromatic rings. The van der Waals surface area contributed by atoms with Gasteiger partial charge in [0.1, 0.15) is 0 Å². The summed E-state index contributed by atoms with van der Waals surface area (Å²) in [6.45, 7) is 2.48. The molecule has 0 atom stereocenters. The van der Waals surface area contributed by atoms with Crippen LogP contribution in [-0.2, 0) is 29.1 Å². The highest BCUT2D eigenvalue weighted by molar-refractivity contribution is 7.80. The summed E-state index contributed by atoms with van der Waals surface area (Å²) in [7, 11) is 0. The van der Waals surface area contributed by atoms with Gasteiger partial charge >= 0.3 is 11.9 Å². The fourth-order valence-corrected chi connectivity index (χ4v) is 4.71. The van der Waals surface area contributed by atoms with Crippen LogP contribution in [0.2, 0.25) is 0 Å². The Morgan fingerprint density at radius 1 is 1.05 bits per heavy atom. The van der Waals surface area contributed by atoms with Gasteiger partial charge in [-0.2, -0.15) is 0 Å². The quantitative estimate of drug-likeness (QED) is 0.114. The van der Waals surface area contributed by atoms with Crippen molar-refractivity contribution in [3.8, 4) is 0 Å². The number of hydrogen-bond donors (Lipinski definition) is 5. The van der Waals surface area contributed by atoms with Crippen LogP contribution in [0.15, 0.2) is 84.5 Å². The molecule has 0 spiro atoms. The summed E-state index contributed by atoms with van der Waals surface area (Å²) in [4.78, 5) is 24.2. The summed E-state index contributed by atoms with van der Waals surface area (Å²) in [6.07, 6.45) is 6.08. The first kappa shape index (κ1) is 27.6. The van der Waals surface area contributed by atoms with Crippen LogP contribution in [0.3, 0.4) is 0 Å². The first-order valence-electron chi connectivity index (χ1n) is 11.4. The van der Waals surface area contributed by atoms with E-state index < -0.39 is 11.9 Å². The van der Waals surface area contributed by atoms with Gasteiger partial charge in [0.25, 0.3) is 0 Å². The molecule has 0 saturated carbocycles. The minimum absolute atomic E-state index is 0.387. The number of thiophene rings is 1. The maximum atomic E-state index is 9.55. The van der Waals surface area contributed by atoms with Crippen LogP contribution >= 0.6 is 23.6 Å². The molecular formula is C27H28N4O4S2. The topological polar surface area (TPSA) is 132 Å². The van der Waals surface area contributed by atoms with Crippen molar-refractivity contribution in [1.82, 2.24) is 10.3 Å². The Hall–Kier alpha value is -3.99. The maximum Gasteiger partial charge on any atom is 0.328 e. The van der Waals surface area contributed by atoms with Crippen molar-refractivity contribution in [1.29, 1.82) is 0 Å². The predicted molar refractivity (Wildman–Crippen MR) is 152 cm³/mol. The molecule has 6 N–H and O–H groups in total. The molecular weight excluding hydrogens is 508 g/mol. The van der Waals surface area contributed by atoms with Gasteiger partial charge < -0.3 is 31.1 Å². The summed E-state index contributed by atoms with van der Waals surface area (Å²) < 4.78 is 1.29. The van der Waals surface area contributed by atoms with Crippen molar-refractivity contribution in [2.75, 3.05) is 11.4 Å². The number of nitrogens with zero attached hydrogens (tertiary/aromatic N) is 1. The van der Waals surface area contributed by atoms with Crippen LogP contribution in [0.5, 0.6) is 0 Å². The summed E-state index contributed by atoms with van der Waals surface area (Å²) >= 11 is 7.14. The second kappa shape index (κ2) is 13.9. The van der Waals surface area contributed by atoms with E-state index in [1.807, 2.05) is 35.5 Å². The van der Waals surface area contributed by atoms with Crippen molar-refractivity contribution < 1.29 is 19.8 Å². The maximum absolute atomic E-state index is 9.55. The van der Waals surface area contributed by atoms with E-state index in [1.54, 1.807) is 11.3 Å². The summed E-state index contributed by atoms with van der Waals surface area (Å²) in [6, 6.07) is 18.9. The molecule has 10 heteroatoms. The van der Waals surface area contributed by atoms with E-state index in [4.69, 9.17) is 28.2 Å². The van der Waals surface area contributed by atoms with Gasteiger partial charge in [0, 0.05) is 41.5 Å².